The van der Waals surface area contributed by atoms with Crippen LogP contribution in [0.25, 0.3) is 0 Å². The highest BCUT2D eigenvalue weighted by Gasteiger charge is 2.14. The van der Waals surface area contributed by atoms with Gasteiger partial charge in [-0.2, -0.15) is 0 Å². The van der Waals surface area contributed by atoms with Gasteiger partial charge in [0, 0.05) is 17.4 Å². The van der Waals surface area contributed by atoms with E-state index in [1.807, 2.05) is 31.4 Å². The number of ether oxygens (including phenoxy) is 2. The van der Waals surface area contributed by atoms with Crippen LogP contribution in [-0.4, -0.2) is 48.5 Å². The molecule has 0 radical (unpaired) electrons. The van der Waals surface area contributed by atoms with E-state index in [4.69, 9.17) is 14.6 Å². The first-order valence-electron chi connectivity index (χ1n) is 6.62. The molecule has 1 aliphatic heterocycles. The minimum absolute atomic E-state index is 0.00389. The molecule has 0 saturated carbocycles. The van der Waals surface area contributed by atoms with Crippen LogP contribution in [0.2, 0.25) is 0 Å². The highest BCUT2D eigenvalue weighted by Crippen LogP contribution is 2.45. The topological polar surface area (TPSA) is 55.8 Å². The molecule has 1 unspecified atom stereocenters. The predicted molar refractivity (Wildman–Crippen MR) is 83.4 cm³/mol. The summed E-state index contributed by atoms with van der Waals surface area (Å²) in [6.45, 7) is 0.946. The monoisotopic (exact) mass is 326 g/mol. The quantitative estimate of drug-likeness (QED) is 0.376. The van der Waals surface area contributed by atoms with E-state index in [1.54, 1.807) is 0 Å². The lowest BCUT2D eigenvalue weighted by molar-refractivity contribution is -0.145. The fourth-order valence-electron chi connectivity index (χ4n) is 1.63. The van der Waals surface area contributed by atoms with Crippen molar-refractivity contribution in [2.45, 2.75) is 37.4 Å². The van der Waals surface area contributed by atoms with Gasteiger partial charge in [-0.25, -0.2) is 0 Å². The van der Waals surface area contributed by atoms with Gasteiger partial charge < -0.3 is 14.6 Å². The number of hydrogen-bond acceptors (Lipinski definition) is 7. The Morgan fingerprint density at radius 3 is 2.89 bits per heavy atom. The highest BCUT2D eigenvalue weighted by atomic mass is 33.5. The van der Waals surface area contributed by atoms with E-state index >= 15 is 0 Å². The van der Waals surface area contributed by atoms with E-state index in [2.05, 4.69) is 0 Å². The van der Waals surface area contributed by atoms with Gasteiger partial charge in [-0.3, -0.25) is 4.79 Å². The second-order valence-electron chi connectivity index (χ2n) is 4.20. The zero-order valence-corrected chi connectivity index (χ0v) is 13.5. The van der Waals surface area contributed by atoms with Crippen molar-refractivity contribution >= 4 is 37.4 Å². The molecule has 1 rings (SSSR count). The highest BCUT2D eigenvalue weighted by molar-refractivity contribution is 9.09. The second-order valence-corrected chi connectivity index (χ2v) is 8.76. The third-order valence-corrected chi connectivity index (χ3v) is 7.36. The summed E-state index contributed by atoms with van der Waals surface area (Å²) in [5.41, 5.74) is 0. The van der Waals surface area contributed by atoms with Gasteiger partial charge in [0.15, 0.2) is 0 Å². The van der Waals surface area contributed by atoms with E-state index in [0.717, 1.165) is 18.1 Å². The minimum atomic E-state index is -0.145. The summed E-state index contributed by atoms with van der Waals surface area (Å²) in [6, 6.07) is 0. The van der Waals surface area contributed by atoms with Gasteiger partial charge in [0.2, 0.25) is 0 Å². The summed E-state index contributed by atoms with van der Waals surface area (Å²) >= 11 is 0. The van der Waals surface area contributed by atoms with Crippen molar-refractivity contribution in [1.29, 1.82) is 0 Å². The summed E-state index contributed by atoms with van der Waals surface area (Å²) < 4.78 is 10.0. The average molecular weight is 327 g/mol. The smallest absolute Gasteiger partial charge is 0.305 e. The first-order valence-corrected chi connectivity index (χ1v) is 10.3. The van der Waals surface area contributed by atoms with E-state index in [9.17, 15) is 4.79 Å². The summed E-state index contributed by atoms with van der Waals surface area (Å²) in [5, 5.41) is 9.25. The fraction of sp³-hybridized carbons (Fsp3) is 0.917. The van der Waals surface area contributed by atoms with Crippen LogP contribution in [-0.2, 0) is 14.3 Å². The number of rotatable bonds is 10. The molecular formula is C12H22O4S3. The normalized spacial score (nSPS) is 19.3. The van der Waals surface area contributed by atoms with Crippen LogP contribution in [0.4, 0.5) is 0 Å². The number of hydrogen-bond donors (Lipinski definition) is 1. The number of carbonyl (C=O) groups excluding carboxylic acids is 1. The van der Waals surface area contributed by atoms with E-state index in [0.29, 0.717) is 19.6 Å². The summed E-state index contributed by atoms with van der Waals surface area (Å²) in [6.07, 6.45) is 4.99. The lowest BCUT2D eigenvalue weighted by Crippen LogP contribution is -2.12. The van der Waals surface area contributed by atoms with Crippen LogP contribution in [0.3, 0.4) is 0 Å². The Kier molecular flexibility index (Phi) is 11.2. The SMILES string of the molecule is O=C(CCCCC1CCSSS1)OCCOCCO. The van der Waals surface area contributed by atoms with Gasteiger partial charge in [0.25, 0.3) is 0 Å². The lowest BCUT2D eigenvalue weighted by Gasteiger charge is -2.19. The molecule has 0 aromatic rings. The molecule has 0 bridgehead atoms. The summed E-state index contributed by atoms with van der Waals surface area (Å²) in [4.78, 5) is 11.4. The van der Waals surface area contributed by atoms with E-state index < -0.39 is 0 Å². The largest absolute Gasteiger partial charge is 0.463 e. The zero-order chi connectivity index (χ0) is 13.8. The van der Waals surface area contributed by atoms with Gasteiger partial charge in [0.1, 0.15) is 6.61 Å². The lowest BCUT2D eigenvalue weighted by atomic mass is 10.1. The molecule has 1 saturated heterocycles. The molecule has 1 atom stereocenters. The molecule has 0 aromatic heterocycles. The molecule has 4 nitrogen and oxygen atoms in total. The van der Waals surface area contributed by atoms with Crippen LogP contribution < -0.4 is 0 Å². The number of aliphatic hydroxyl groups is 1. The third kappa shape index (κ3) is 9.90. The molecule has 1 heterocycles. The third-order valence-electron chi connectivity index (χ3n) is 2.63. The number of esters is 1. The fourth-order valence-corrected chi connectivity index (χ4v) is 6.56. The first-order chi connectivity index (χ1) is 9.33. The molecule has 0 aliphatic carbocycles. The Hall–Kier alpha value is 0.440. The Balaban J connectivity index is 1.86. The standard InChI is InChI=1S/C12H22O4S3/c13-6-7-15-8-9-16-12(14)4-2-1-3-11-5-10-17-19-18-11/h11,13H,1-10H2. The van der Waals surface area contributed by atoms with Crippen LogP contribution in [0, 0.1) is 0 Å². The Labute approximate surface area is 126 Å². The Morgan fingerprint density at radius 2 is 2.16 bits per heavy atom. The molecular weight excluding hydrogens is 304 g/mol. The van der Waals surface area contributed by atoms with Crippen LogP contribution in [0.1, 0.15) is 32.1 Å². The number of aliphatic hydroxyl groups excluding tert-OH is 1. The maximum atomic E-state index is 11.4. The van der Waals surface area contributed by atoms with Crippen molar-refractivity contribution in [3.63, 3.8) is 0 Å². The molecule has 19 heavy (non-hydrogen) atoms. The molecule has 0 aromatic carbocycles. The molecule has 1 N–H and O–H groups in total. The van der Waals surface area contributed by atoms with Crippen molar-refractivity contribution in [2.24, 2.45) is 0 Å². The van der Waals surface area contributed by atoms with Gasteiger partial charge in [-0.15, -0.1) is 0 Å². The maximum Gasteiger partial charge on any atom is 0.305 e. The van der Waals surface area contributed by atoms with Crippen LogP contribution in [0.5, 0.6) is 0 Å². The van der Waals surface area contributed by atoms with Crippen molar-refractivity contribution in [1.82, 2.24) is 0 Å². The van der Waals surface area contributed by atoms with Gasteiger partial charge in [-0.05, 0) is 29.1 Å². The van der Waals surface area contributed by atoms with Crippen molar-refractivity contribution in [3.8, 4) is 0 Å². The molecule has 7 heteroatoms. The molecule has 112 valence electrons. The second kappa shape index (κ2) is 12.2. The average Bonchev–Trinajstić information content (AvgIpc) is 2.44. The van der Waals surface area contributed by atoms with Crippen molar-refractivity contribution < 1.29 is 19.4 Å². The molecule has 0 spiro atoms. The van der Waals surface area contributed by atoms with Gasteiger partial charge in [0.05, 0.1) is 19.8 Å². The number of carbonyl (C=O) groups is 1. The number of unbranched alkanes of at least 4 members (excludes halogenated alkanes) is 1. The zero-order valence-electron chi connectivity index (χ0n) is 11.0. The first kappa shape index (κ1) is 17.5. The van der Waals surface area contributed by atoms with Gasteiger partial charge in [-0.1, -0.05) is 28.0 Å². The summed E-state index contributed by atoms with van der Waals surface area (Å²) in [5.74, 6) is 1.10. The van der Waals surface area contributed by atoms with Gasteiger partial charge >= 0.3 is 5.97 Å². The Bertz CT molecular complexity index is 235. The summed E-state index contributed by atoms with van der Waals surface area (Å²) in [7, 11) is 5.80. The molecule has 1 aliphatic rings. The maximum absolute atomic E-state index is 11.4. The molecule has 1 fully saturated rings. The van der Waals surface area contributed by atoms with E-state index in [1.165, 1.54) is 18.6 Å². The van der Waals surface area contributed by atoms with Crippen LogP contribution in [0.15, 0.2) is 0 Å². The van der Waals surface area contributed by atoms with Crippen molar-refractivity contribution in [3.05, 3.63) is 0 Å². The van der Waals surface area contributed by atoms with Crippen LogP contribution >= 0.6 is 31.4 Å². The molecule has 0 amide bonds. The van der Waals surface area contributed by atoms with E-state index in [-0.39, 0.29) is 19.2 Å². The van der Waals surface area contributed by atoms with Crippen molar-refractivity contribution in [2.75, 3.05) is 32.2 Å². The Morgan fingerprint density at radius 1 is 1.26 bits per heavy atom. The predicted octanol–water partition coefficient (Wildman–Crippen LogP) is 2.90. The minimum Gasteiger partial charge on any atom is -0.463 e.